The predicted molar refractivity (Wildman–Crippen MR) is 75.2 cm³/mol. The van der Waals surface area contributed by atoms with Crippen LogP contribution in [0.3, 0.4) is 0 Å². The van der Waals surface area contributed by atoms with Crippen molar-refractivity contribution in [2.24, 2.45) is 5.92 Å². The van der Waals surface area contributed by atoms with Crippen LogP contribution in [0.15, 0.2) is 35.1 Å². The molecule has 0 radical (unpaired) electrons. The van der Waals surface area contributed by atoms with Crippen molar-refractivity contribution in [3.8, 4) is 0 Å². The van der Waals surface area contributed by atoms with Gasteiger partial charge in [-0.3, -0.25) is 9.78 Å². The normalized spacial score (nSPS) is 10.7. The van der Waals surface area contributed by atoms with Gasteiger partial charge in [0, 0.05) is 13.0 Å². The Labute approximate surface area is 112 Å². The Balaban J connectivity index is 2.09. The maximum atomic E-state index is 11.9. The maximum Gasteiger partial charge on any atom is 0.274 e. The molecular weight excluding hydrogens is 240 g/mol. The van der Waals surface area contributed by atoms with Gasteiger partial charge in [-0.1, -0.05) is 44.2 Å². The summed E-state index contributed by atoms with van der Waals surface area (Å²) in [5, 5.41) is 11.0. The van der Waals surface area contributed by atoms with Crippen molar-refractivity contribution in [3.63, 3.8) is 0 Å². The number of H-pyrrole nitrogens is 1. The second-order valence-corrected chi connectivity index (χ2v) is 4.89. The van der Waals surface area contributed by atoms with Crippen LogP contribution < -0.4 is 10.9 Å². The van der Waals surface area contributed by atoms with Crippen LogP contribution in [0.5, 0.6) is 0 Å². The molecule has 2 rings (SSSR count). The van der Waals surface area contributed by atoms with Crippen molar-refractivity contribution in [2.75, 3.05) is 11.9 Å². The summed E-state index contributed by atoms with van der Waals surface area (Å²) in [6.07, 6.45) is 0.494. The molecule has 2 aromatic rings. The molecule has 0 aliphatic rings. The van der Waals surface area contributed by atoms with Crippen LogP contribution in [0.4, 0.5) is 5.95 Å². The molecule has 5 heteroatoms. The number of hydrogen-bond acceptors (Lipinski definition) is 4. The first-order valence-electron chi connectivity index (χ1n) is 6.39. The highest BCUT2D eigenvalue weighted by Crippen LogP contribution is 2.03. The molecule has 1 aromatic carbocycles. The lowest BCUT2D eigenvalue weighted by Gasteiger charge is -2.07. The fraction of sp³-hybridized carbons (Fsp3) is 0.357. The lowest BCUT2D eigenvalue weighted by molar-refractivity contribution is 0.680. The Morgan fingerprint density at radius 1 is 1.21 bits per heavy atom. The molecule has 0 unspecified atom stereocenters. The summed E-state index contributed by atoms with van der Waals surface area (Å²) < 4.78 is 0. The molecule has 0 saturated heterocycles. The molecule has 0 fully saturated rings. The molecule has 2 N–H and O–H groups in total. The van der Waals surface area contributed by atoms with Crippen LogP contribution in [-0.2, 0) is 6.42 Å². The minimum atomic E-state index is -0.190. The van der Waals surface area contributed by atoms with Gasteiger partial charge in [0.05, 0.1) is 0 Å². The van der Waals surface area contributed by atoms with E-state index in [0.29, 0.717) is 24.0 Å². The molecule has 0 aliphatic carbocycles. The maximum absolute atomic E-state index is 11.9. The number of nitrogens with zero attached hydrogens (tertiary/aromatic N) is 2. The Morgan fingerprint density at radius 2 is 1.95 bits per heavy atom. The van der Waals surface area contributed by atoms with E-state index in [2.05, 4.69) is 34.3 Å². The minimum Gasteiger partial charge on any atom is -0.354 e. The molecule has 0 bridgehead atoms. The molecule has 5 nitrogen and oxygen atoms in total. The van der Waals surface area contributed by atoms with Gasteiger partial charge in [-0.05, 0) is 11.5 Å². The van der Waals surface area contributed by atoms with Gasteiger partial charge < -0.3 is 5.32 Å². The number of anilines is 1. The first-order chi connectivity index (χ1) is 9.15. The summed E-state index contributed by atoms with van der Waals surface area (Å²) in [6.45, 7) is 4.92. The lowest BCUT2D eigenvalue weighted by Crippen LogP contribution is -2.21. The summed E-state index contributed by atoms with van der Waals surface area (Å²) in [7, 11) is 0. The third-order valence-electron chi connectivity index (χ3n) is 2.66. The highest BCUT2D eigenvalue weighted by Gasteiger charge is 2.06. The zero-order valence-corrected chi connectivity index (χ0v) is 11.2. The van der Waals surface area contributed by atoms with Crippen molar-refractivity contribution in [1.29, 1.82) is 0 Å². The number of nitrogens with one attached hydrogen (secondary N) is 2. The number of aromatic nitrogens is 3. The molecule has 0 saturated carbocycles. The zero-order valence-electron chi connectivity index (χ0n) is 11.2. The Kier molecular flexibility index (Phi) is 4.28. The van der Waals surface area contributed by atoms with Gasteiger partial charge in [0.2, 0.25) is 5.95 Å². The molecule has 0 amide bonds. The monoisotopic (exact) mass is 258 g/mol. The van der Waals surface area contributed by atoms with E-state index in [1.807, 2.05) is 30.3 Å². The van der Waals surface area contributed by atoms with E-state index in [4.69, 9.17) is 0 Å². The number of rotatable bonds is 5. The quantitative estimate of drug-likeness (QED) is 0.858. The smallest absolute Gasteiger partial charge is 0.274 e. The Morgan fingerprint density at radius 3 is 2.58 bits per heavy atom. The molecule has 1 aromatic heterocycles. The Bertz CT molecular complexity index is 577. The van der Waals surface area contributed by atoms with Gasteiger partial charge in [-0.15, -0.1) is 10.2 Å². The van der Waals surface area contributed by atoms with Gasteiger partial charge in [0.1, 0.15) is 5.69 Å². The molecule has 1 heterocycles. The third-order valence-corrected chi connectivity index (χ3v) is 2.66. The van der Waals surface area contributed by atoms with Crippen LogP contribution >= 0.6 is 0 Å². The standard InChI is InChI=1S/C14H18N4O/c1-10(2)9-15-14-16-13(19)12(17-18-14)8-11-6-4-3-5-7-11/h3-7,10H,8-9H2,1-2H3,(H2,15,16,18,19). The highest BCUT2D eigenvalue weighted by atomic mass is 16.1. The van der Waals surface area contributed by atoms with Crippen molar-refractivity contribution in [2.45, 2.75) is 20.3 Å². The number of hydrogen-bond donors (Lipinski definition) is 2. The fourth-order valence-electron chi connectivity index (χ4n) is 1.65. The van der Waals surface area contributed by atoms with Gasteiger partial charge in [-0.25, -0.2) is 0 Å². The van der Waals surface area contributed by atoms with Crippen molar-refractivity contribution >= 4 is 5.95 Å². The second kappa shape index (κ2) is 6.13. The second-order valence-electron chi connectivity index (χ2n) is 4.89. The van der Waals surface area contributed by atoms with E-state index in [9.17, 15) is 4.79 Å². The summed E-state index contributed by atoms with van der Waals surface area (Å²) in [6, 6.07) is 9.75. The molecule has 0 spiro atoms. The van der Waals surface area contributed by atoms with E-state index < -0.39 is 0 Å². The van der Waals surface area contributed by atoms with Crippen molar-refractivity contribution < 1.29 is 0 Å². The molecular formula is C14H18N4O. The zero-order chi connectivity index (χ0) is 13.7. The van der Waals surface area contributed by atoms with Gasteiger partial charge in [0.15, 0.2) is 0 Å². The summed E-state index contributed by atoms with van der Waals surface area (Å²) in [5.41, 5.74) is 1.29. The number of benzene rings is 1. The largest absolute Gasteiger partial charge is 0.354 e. The summed E-state index contributed by atoms with van der Waals surface area (Å²) in [4.78, 5) is 14.6. The van der Waals surface area contributed by atoms with Gasteiger partial charge in [-0.2, -0.15) is 0 Å². The van der Waals surface area contributed by atoms with Crippen LogP contribution in [0.1, 0.15) is 25.1 Å². The molecule has 0 atom stereocenters. The Hall–Kier alpha value is -2.17. The van der Waals surface area contributed by atoms with Crippen LogP contribution in [-0.4, -0.2) is 21.7 Å². The van der Waals surface area contributed by atoms with E-state index in [1.54, 1.807) is 0 Å². The topological polar surface area (TPSA) is 70.7 Å². The van der Waals surface area contributed by atoms with Crippen LogP contribution in [0.2, 0.25) is 0 Å². The van der Waals surface area contributed by atoms with E-state index >= 15 is 0 Å². The molecule has 19 heavy (non-hydrogen) atoms. The van der Waals surface area contributed by atoms with Gasteiger partial charge >= 0.3 is 0 Å². The number of aromatic amines is 1. The lowest BCUT2D eigenvalue weighted by atomic mass is 10.1. The van der Waals surface area contributed by atoms with E-state index in [-0.39, 0.29) is 5.56 Å². The van der Waals surface area contributed by atoms with E-state index in [0.717, 1.165) is 12.1 Å². The van der Waals surface area contributed by atoms with Crippen LogP contribution in [0.25, 0.3) is 0 Å². The summed E-state index contributed by atoms with van der Waals surface area (Å²) in [5.74, 6) is 0.907. The van der Waals surface area contributed by atoms with Crippen LogP contribution in [0, 0.1) is 5.92 Å². The summed E-state index contributed by atoms with van der Waals surface area (Å²) >= 11 is 0. The van der Waals surface area contributed by atoms with Crippen molar-refractivity contribution in [3.05, 3.63) is 51.9 Å². The van der Waals surface area contributed by atoms with Gasteiger partial charge in [0.25, 0.3) is 5.56 Å². The van der Waals surface area contributed by atoms with Crippen molar-refractivity contribution in [1.82, 2.24) is 15.2 Å². The predicted octanol–water partition coefficient (Wildman–Crippen LogP) is 1.82. The minimum absolute atomic E-state index is 0.190. The molecule has 100 valence electrons. The average molecular weight is 258 g/mol. The average Bonchev–Trinajstić information content (AvgIpc) is 2.40. The highest BCUT2D eigenvalue weighted by molar-refractivity contribution is 5.24. The fourth-order valence-corrected chi connectivity index (χ4v) is 1.65. The first kappa shape index (κ1) is 13.3. The SMILES string of the molecule is CC(C)CNc1nnc(Cc2ccccc2)c(=O)[nH]1. The molecule has 0 aliphatic heterocycles. The first-order valence-corrected chi connectivity index (χ1v) is 6.39. The van der Waals surface area contributed by atoms with E-state index in [1.165, 1.54) is 0 Å². The third kappa shape index (κ3) is 3.91.